The minimum atomic E-state index is -0.847. The van der Waals surface area contributed by atoms with Gasteiger partial charge >= 0.3 is 0 Å². The molecule has 46 heavy (non-hydrogen) atoms. The van der Waals surface area contributed by atoms with Crippen molar-refractivity contribution in [2.24, 2.45) is 0 Å². The minimum absolute atomic E-state index is 0.0505. The van der Waals surface area contributed by atoms with Gasteiger partial charge in [0.15, 0.2) is 11.5 Å². The van der Waals surface area contributed by atoms with Crippen LogP contribution in [0.5, 0.6) is 28.7 Å². The number of aromatic hydroxyl groups is 2. The van der Waals surface area contributed by atoms with Gasteiger partial charge in [0.1, 0.15) is 36.5 Å². The summed E-state index contributed by atoms with van der Waals surface area (Å²) in [4.78, 5) is 45.9. The molecule has 1 heterocycles. The number of fused-ring (bicyclic) bond motifs is 1. The molecule has 5 aromatic carbocycles. The van der Waals surface area contributed by atoms with Gasteiger partial charge in [-0.1, -0.05) is 91.0 Å². The molecule has 232 valence electrons. The Morgan fingerprint density at radius 3 is 1.65 bits per heavy atom. The maximum Gasteiger partial charge on any atom is 0.238 e. The molecule has 0 atom stereocenters. The maximum absolute atomic E-state index is 13.2. The van der Waals surface area contributed by atoms with Crippen molar-refractivity contribution in [3.05, 3.63) is 148 Å². The average Bonchev–Trinajstić information content (AvgIpc) is 3.08. The summed E-state index contributed by atoms with van der Waals surface area (Å²) in [6, 6.07) is 35.3. The highest BCUT2D eigenvalue weighted by atomic mass is 17.2. The molecular weight excluding hydrogens is 592 g/mol. The molecule has 10 heteroatoms. The molecule has 6 aromatic rings. The van der Waals surface area contributed by atoms with Crippen LogP contribution in [0.25, 0.3) is 22.3 Å². The predicted molar refractivity (Wildman–Crippen MR) is 167 cm³/mol. The van der Waals surface area contributed by atoms with Gasteiger partial charge < -0.3 is 29.3 Å². The van der Waals surface area contributed by atoms with Crippen molar-refractivity contribution in [1.82, 2.24) is 0 Å². The molecular formula is C36H28O10. The van der Waals surface area contributed by atoms with Gasteiger partial charge in [-0.3, -0.25) is 4.79 Å². The fraction of sp³-hybridized carbons (Fsp3) is 0.0833. The summed E-state index contributed by atoms with van der Waals surface area (Å²) in [7, 11) is 0. The third-order valence-corrected chi connectivity index (χ3v) is 6.79. The van der Waals surface area contributed by atoms with Gasteiger partial charge in [0.25, 0.3) is 0 Å². The lowest BCUT2D eigenvalue weighted by Crippen LogP contribution is -2.05. The molecule has 10 nitrogen and oxygen atoms in total. The lowest BCUT2D eigenvalue weighted by atomic mass is 10.1. The number of phenols is 1. The van der Waals surface area contributed by atoms with E-state index in [4.69, 9.17) is 33.7 Å². The lowest BCUT2D eigenvalue weighted by Gasteiger charge is -2.13. The minimum Gasteiger partial charge on any atom is -0.507 e. The Hall–Kier alpha value is -5.81. The molecule has 0 unspecified atom stereocenters. The molecule has 2 N–H and O–H groups in total. The summed E-state index contributed by atoms with van der Waals surface area (Å²) < 4.78 is 5.94. The lowest BCUT2D eigenvalue weighted by molar-refractivity contribution is -0.238. The highest BCUT2D eigenvalue weighted by molar-refractivity contribution is 5.88. The van der Waals surface area contributed by atoms with Crippen molar-refractivity contribution in [2.75, 3.05) is 0 Å². The second kappa shape index (κ2) is 14.3. The first-order chi connectivity index (χ1) is 22.5. The van der Waals surface area contributed by atoms with Crippen LogP contribution >= 0.6 is 0 Å². The topological polar surface area (TPSA) is 126 Å². The fourth-order valence-corrected chi connectivity index (χ4v) is 4.50. The normalized spacial score (nSPS) is 11.0. The molecule has 0 fully saturated rings. The first kappa shape index (κ1) is 30.2. The van der Waals surface area contributed by atoms with E-state index in [0.29, 0.717) is 0 Å². The van der Waals surface area contributed by atoms with Crippen molar-refractivity contribution >= 4 is 11.0 Å². The molecule has 0 saturated heterocycles. The Labute approximate surface area is 262 Å². The van der Waals surface area contributed by atoms with Crippen LogP contribution in [0.15, 0.2) is 131 Å². The summed E-state index contributed by atoms with van der Waals surface area (Å²) in [5, 5.41) is 21.2. The van der Waals surface area contributed by atoms with Gasteiger partial charge in [-0.15, -0.1) is 0 Å². The molecule has 0 spiro atoms. The standard InChI is InChI=1S/C36H28O10/c37-29-19-28(44-40-21-24-10-4-1-5-11-24)20-32-33(29)34(38)35(39)36(43-32)27-16-17-30(45-41-22-25-12-6-2-7-13-25)31(18-27)46-42-23-26-14-8-3-9-15-26/h1-20,37,39H,21-23H2. The zero-order chi connectivity index (χ0) is 31.7. The van der Waals surface area contributed by atoms with Crippen molar-refractivity contribution in [3.8, 4) is 40.1 Å². The van der Waals surface area contributed by atoms with Gasteiger partial charge in [-0.2, -0.15) is 14.7 Å². The Kier molecular flexibility index (Phi) is 9.41. The highest BCUT2D eigenvalue weighted by Crippen LogP contribution is 2.39. The van der Waals surface area contributed by atoms with Crippen molar-refractivity contribution < 1.29 is 44.0 Å². The highest BCUT2D eigenvalue weighted by Gasteiger charge is 2.21. The molecule has 0 radical (unpaired) electrons. The van der Waals surface area contributed by atoms with E-state index in [1.54, 1.807) is 0 Å². The third kappa shape index (κ3) is 7.28. The van der Waals surface area contributed by atoms with Crippen LogP contribution in [-0.4, -0.2) is 10.2 Å². The van der Waals surface area contributed by atoms with E-state index in [-0.39, 0.29) is 59.4 Å². The zero-order valence-corrected chi connectivity index (χ0v) is 24.3. The smallest absolute Gasteiger partial charge is 0.238 e. The van der Waals surface area contributed by atoms with Crippen LogP contribution in [-0.2, 0) is 34.5 Å². The van der Waals surface area contributed by atoms with Crippen LogP contribution < -0.4 is 20.1 Å². The molecule has 0 amide bonds. The number of hydrogen-bond donors (Lipinski definition) is 2. The number of phenolic OH excluding ortho intramolecular Hbond substituents is 1. The summed E-state index contributed by atoms with van der Waals surface area (Å²) in [5.41, 5.74) is 1.98. The van der Waals surface area contributed by atoms with Crippen LogP contribution in [0.1, 0.15) is 16.7 Å². The van der Waals surface area contributed by atoms with Crippen LogP contribution in [0.4, 0.5) is 0 Å². The van der Waals surface area contributed by atoms with Gasteiger partial charge in [-0.05, 0) is 34.9 Å². The number of benzene rings is 5. The molecule has 0 bridgehead atoms. The van der Waals surface area contributed by atoms with Gasteiger partial charge in [-0.25, -0.2) is 0 Å². The van der Waals surface area contributed by atoms with E-state index in [1.807, 2.05) is 91.0 Å². The third-order valence-electron chi connectivity index (χ3n) is 6.79. The zero-order valence-electron chi connectivity index (χ0n) is 24.3. The molecule has 0 aliphatic heterocycles. The van der Waals surface area contributed by atoms with E-state index in [2.05, 4.69) is 0 Å². The largest absolute Gasteiger partial charge is 0.507 e. The van der Waals surface area contributed by atoms with Crippen molar-refractivity contribution in [2.45, 2.75) is 19.8 Å². The Morgan fingerprint density at radius 2 is 1.09 bits per heavy atom. The molecule has 1 aromatic heterocycles. The fourth-order valence-electron chi connectivity index (χ4n) is 4.50. The van der Waals surface area contributed by atoms with Crippen molar-refractivity contribution in [3.63, 3.8) is 0 Å². The average molecular weight is 621 g/mol. The molecule has 0 aliphatic carbocycles. The van der Waals surface area contributed by atoms with Crippen LogP contribution in [0.3, 0.4) is 0 Å². The van der Waals surface area contributed by atoms with E-state index in [1.165, 1.54) is 30.3 Å². The SMILES string of the molecule is O=c1c(O)c(-c2ccc(OOCc3ccccc3)c(OOCc3ccccc3)c2)oc2cc(OOCc3ccccc3)cc(O)c12. The molecule has 0 saturated carbocycles. The Bertz CT molecular complexity index is 1960. The van der Waals surface area contributed by atoms with Crippen LogP contribution in [0, 0.1) is 0 Å². The van der Waals surface area contributed by atoms with Gasteiger partial charge in [0.05, 0.1) is 0 Å². The van der Waals surface area contributed by atoms with E-state index < -0.39 is 16.9 Å². The first-order valence-corrected chi connectivity index (χ1v) is 14.2. The van der Waals surface area contributed by atoms with Crippen molar-refractivity contribution in [1.29, 1.82) is 0 Å². The monoisotopic (exact) mass is 620 g/mol. The van der Waals surface area contributed by atoms with E-state index in [0.717, 1.165) is 16.7 Å². The summed E-state index contributed by atoms with van der Waals surface area (Å²) in [6.45, 7) is 0.430. The summed E-state index contributed by atoms with van der Waals surface area (Å²) in [5.74, 6) is -1.04. The van der Waals surface area contributed by atoms with Gasteiger partial charge in [0.2, 0.25) is 22.7 Å². The first-order valence-electron chi connectivity index (χ1n) is 14.2. The second-order valence-electron chi connectivity index (χ2n) is 10.1. The Balaban J connectivity index is 1.27. The van der Waals surface area contributed by atoms with E-state index in [9.17, 15) is 15.0 Å². The second-order valence-corrected chi connectivity index (χ2v) is 10.1. The van der Waals surface area contributed by atoms with Gasteiger partial charge in [0, 0.05) is 17.7 Å². The molecule has 6 rings (SSSR count). The summed E-state index contributed by atoms with van der Waals surface area (Å²) in [6.07, 6.45) is 0. The summed E-state index contributed by atoms with van der Waals surface area (Å²) >= 11 is 0. The van der Waals surface area contributed by atoms with Crippen LogP contribution in [0.2, 0.25) is 0 Å². The quantitative estimate of drug-likeness (QED) is 0.0996. The predicted octanol–water partition coefficient (Wildman–Crippen LogP) is 7.40. The number of hydrogen-bond acceptors (Lipinski definition) is 10. The number of rotatable bonds is 13. The Morgan fingerprint density at radius 1 is 0.565 bits per heavy atom. The molecule has 0 aliphatic rings. The van der Waals surface area contributed by atoms with E-state index >= 15 is 0 Å². The maximum atomic E-state index is 13.2.